The van der Waals surface area contributed by atoms with Gasteiger partial charge in [-0.15, -0.1) is 0 Å². The van der Waals surface area contributed by atoms with Gasteiger partial charge >= 0.3 is 6.09 Å². The van der Waals surface area contributed by atoms with Gasteiger partial charge in [0.25, 0.3) is 0 Å². The third kappa shape index (κ3) is 6.24. The molecule has 0 radical (unpaired) electrons. The van der Waals surface area contributed by atoms with Crippen LogP contribution in [0.1, 0.15) is 52.9 Å². The SMILES string of the molecule is CC(C)(C)NC(=O)OCCC1CCC(CO)CC1. The molecule has 0 spiro atoms. The smallest absolute Gasteiger partial charge is 0.407 e. The monoisotopic (exact) mass is 257 g/mol. The molecule has 0 heterocycles. The average Bonchev–Trinajstić information content (AvgIpc) is 2.27. The molecule has 0 aliphatic heterocycles. The highest BCUT2D eigenvalue weighted by molar-refractivity contribution is 5.67. The van der Waals surface area contributed by atoms with E-state index in [0.717, 1.165) is 32.1 Å². The van der Waals surface area contributed by atoms with E-state index in [9.17, 15) is 4.79 Å². The van der Waals surface area contributed by atoms with E-state index >= 15 is 0 Å². The summed E-state index contributed by atoms with van der Waals surface area (Å²) in [6.45, 7) is 6.62. The van der Waals surface area contributed by atoms with Crippen molar-refractivity contribution in [1.29, 1.82) is 0 Å². The second-order valence-electron chi connectivity index (χ2n) is 6.37. The van der Waals surface area contributed by atoms with Crippen molar-refractivity contribution < 1.29 is 14.6 Å². The lowest BCUT2D eigenvalue weighted by atomic mass is 9.81. The molecule has 1 amide bonds. The summed E-state index contributed by atoms with van der Waals surface area (Å²) in [4.78, 5) is 11.4. The van der Waals surface area contributed by atoms with Crippen LogP contribution in [0.4, 0.5) is 4.79 Å². The number of nitrogens with one attached hydrogen (secondary N) is 1. The van der Waals surface area contributed by atoms with Crippen molar-refractivity contribution in [3.63, 3.8) is 0 Å². The van der Waals surface area contributed by atoms with Crippen molar-refractivity contribution in [3.05, 3.63) is 0 Å². The minimum atomic E-state index is -0.327. The molecule has 0 aromatic carbocycles. The molecule has 18 heavy (non-hydrogen) atoms. The van der Waals surface area contributed by atoms with E-state index in [2.05, 4.69) is 5.32 Å². The number of ether oxygens (including phenoxy) is 1. The summed E-state index contributed by atoms with van der Waals surface area (Å²) in [5.74, 6) is 1.14. The average molecular weight is 257 g/mol. The summed E-state index contributed by atoms with van der Waals surface area (Å²) in [7, 11) is 0. The highest BCUT2D eigenvalue weighted by atomic mass is 16.5. The maximum Gasteiger partial charge on any atom is 0.407 e. The Balaban J connectivity index is 2.10. The van der Waals surface area contributed by atoms with Crippen LogP contribution in [0.3, 0.4) is 0 Å². The van der Waals surface area contributed by atoms with Gasteiger partial charge in [0.2, 0.25) is 0 Å². The molecule has 1 aliphatic rings. The highest BCUT2D eigenvalue weighted by Gasteiger charge is 2.21. The zero-order valence-corrected chi connectivity index (χ0v) is 11.9. The minimum absolute atomic E-state index is 0.240. The first kappa shape index (κ1) is 15.3. The predicted molar refractivity (Wildman–Crippen MR) is 71.4 cm³/mol. The summed E-state index contributed by atoms with van der Waals surface area (Å²) in [5, 5.41) is 11.8. The Labute approximate surface area is 110 Å². The van der Waals surface area contributed by atoms with Crippen molar-refractivity contribution in [2.45, 2.75) is 58.4 Å². The maximum atomic E-state index is 11.4. The lowest BCUT2D eigenvalue weighted by Crippen LogP contribution is -2.41. The van der Waals surface area contributed by atoms with Crippen LogP contribution in [-0.2, 0) is 4.74 Å². The van der Waals surface area contributed by atoms with Crippen LogP contribution in [0.5, 0.6) is 0 Å². The zero-order valence-electron chi connectivity index (χ0n) is 11.9. The molecule has 0 unspecified atom stereocenters. The molecule has 0 atom stereocenters. The molecule has 1 aliphatic carbocycles. The molecule has 1 fully saturated rings. The van der Waals surface area contributed by atoms with Crippen molar-refractivity contribution in [2.75, 3.05) is 13.2 Å². The van der Waals surface area contributed by atoms with Gasteiger partial charge in [0.05, 0.1) is 6.61 Å². The number of aliphatic hydroxyl groups is 1. The summed E-state index contributed by atoms with van der Waals surface area (Å²) < 4.78 is 5.17. The molecular formula is C14H27NO3. The molecule has 2 N–H and O–H groups in total. The van der Waals surface area contributed by atoms with Crippen LogP contribution in [0.15, 0.2) is 0 Å². The van der Waals surface area contributed by atoms with Crippen LogP contribution in [0, 0.1) is 11.8 Å². The third-order valence-electron chi connectivity index (χ3n) is 3.46. The number of rotatable bonds is 4. The van der Waals surface area contributed by atoms with Crippen molar-refractivity contribution >= 4 is 6.09 Å². The number of aliphatic hydroxyl groups excluding tert-OH is 1. The van der Waals surface area contributed by atoms with E-state index < -0.39 is 0 Å². The van der Waals surface area contributed by atoms with Gasteiger partial charge in [-0.1, -0.05) is 0 Å². The standard InChI is InChI=1S/C14H27NO3/c1-14(2,3)15-13(17)18-9-8-11-4-6-12(10-16)7-5-11/h11-12,16H,4-10H2,1-3H3,(H,15,17). The van der Waals surface area contributed by atoms with Gasteiger partial charge in [0, 0.05) is 12.1 Å². The number of hydrogen-bond donors (Lipinski definition) is 2. The molecule has 1 rings (SSSR count). The second kappa shape index (κ2) is 6.98. The number of carbonyl (C=O) groups excluding carboxylic acids is 1. The van der Waals surface area contributed by atoms with Crippen molar-refractivity contribution in [3.8, 4) is 0 Å². The van der Waals surface area contributed by atoms with E-state index in [-0.39, 0.29) is 11.6 Å². The molecule has 0 saturated heterocycles. The van der Waals surface area contributed by atoms with Gasteiger partial charge in [0.15, 0.2) is 0 Å². The Bertz CT molecular complexity index is 252. The summed E-state index contributed by atoms with van der Waals surface area (Å²) in [6.07, 6.45) is 5.12. The van der Waals surface area contributed by atoms with E-state index in [1.165, 1.54) is 0 Å². The molecule has 0 aromatic rings. The first-order valence-corrected chi connectivity index (χ1v) is 6.96. The number of amides is 1. The van der Waals surface area contributed by atoms with E-state index in [1.807, 2.05) is 20.8 Å². The van der Waals surface area contributed by atoms with Crippen LogP contribution in [-0.4, -0.2) is 30.0 Å². The van der Waals surface area contributed by atoms with Gasteiger partial charge in [0.1, 0.15) is 0 Å². The fourth-order valence-corrected chi connectivity index (χ4v) is 2.36. The van der Waals surface area contributed by atoms with Gasteiger partial charge in [-0.25, -0.2) is 4.79 Å². The first-order valence-electron chi connectivity index (χ1n) is 6.96. The lowest BCUT2D eigenvalue weighted by Gasteiger charge is -2.27. The Hall–Kier alpha value is -0.770. The molecule has 4 nitrogen and oxygen atoms in total. The Morgan fingerprint density at radius 1 is 1.22 bits per heavy atom. The normalized spacial score (nSPS) is 24.7. The number of hydrogen-bond acceptors (Lipinski definition) is 3. The first-order chi connectivity index (χ1) is 8.40. The number of alkyl carbamates (subject to hydrolysis) is 1. The topological polar surface area (TPSA) is 58.6 Å². The molecular weight excluding hydrogens is 230 g/mol. The van der Waals surface area contributed by atoms with Crippen LogP contribution in [0.2, 0.25) is 0 Å². The predicted octanol–water partition coefficient (Wildman–Crippen LogP) is 2.70. The maximum absolute atomic E-state index is 11.4. The number of carbonyl (C=O) groups is 1. The van der Waals surface area contributed by atoms with Crippen LogP contribution >= 0.6 is 0 Å². The van der Waals surface area contributed by atoms with Crippen LogP contribution in [0.25, 0.3) is 0 Å². The van der Waals surface area contributed by atoms with Crippen LogP contribution < -0.4 is 5.32 Å². The fourth-order valence-electron chi connectivity index (χ4n) is 2.36. The molecule has 106 valence electrons. The zero-order chi connectivity index (χ0) is 13.6. The lowest BCUT2D eigenvalue weighted by molar-refractivity contribution is 0.118. The van der Waals surface area contributed by atoms with E-state index in [1.54, 1.807) is 0 Å². The molecule has 1 saturated carbocycles. The minimum Gasteiger partial charge on any atom is -0.450 e. The molecule has 0 aromatic heterocycles. The van der Waals surface area contributed by atoms with Gasteiger partial charge in [-0.3, -0.25) is 0 Å². The fraction of sp³-hybridized carbons (Fsp3) is 0.929. The Kier molecular flexibility index (Phi) is 5.93. The molecule has 0 bridgehead atoms. The largest absolute Gasteiger partial charge is 0.450 e. The summed E-state index contributed by atoms with van der Waals surface area (Å²) in [6, 6.07) is 0. The van der Waals surface area contributed by atoms with Gasteiger partial charge < -0.3 is 15.2 Å². The van der Waals surface area contributed by atoms with Crippen molar-refractivity contribution in [2.24, 2.45) is 11.8 Å². The Morgan fingerprint density at radius 3 is 2.28 bits per heavy atom. The van der Waals surface area contributed by atoms with Gasteiger partial charge in [-0.2, -0.15) is 0 Å². The third-order valence-corrected chi connectivity index (χ3v) is 3.46. The Morgan fingerprint density at radius 2 is 1.78 bits per heavy atom. The highest BCUT2D eigenvalue weighted by Crippen LogP contribution is 2.30. The second-order valence-corrected chi connectivity index (χ2v) is 6.37. The summed E-state index contributed by atoms with van der Waals surface area (Å²) >= 11 is 0. The summed E-state index contributed by atoms with van der Waals surface area (Å²) in [5.41, 5.74) is -0.240. The van der Waals surface area contributed by atoms with E-state index in [4.69, 9.17) is 9.84 Å². The van der Waals surface area contributed by atoms with E-state index in [0.29, 0.717) is 25.0 Å². The van der Waals surface area contributed by atoms with Gasteiger partial charge in [-0.05, 0) is 64.7 Å². The van der Waals surface area contributed by atoms with Crippen molar-refractivity contribution in [1.82, 2.24) is 5.32 Å². The quantitative estimate of drug-likeness (QED) is 0.814. The molecule has 4 heteroatoms.